The molecular weight excluding hydrogens is 326 g/mol. The third-order valence-corrected chi connectivity index (χ3v) is 4.25. The number of nitrogens with one attached hydrogen (secondary N) is 1. The molecule has 0 saturated carbocycles. The van der Waals surface area contributed by atoms with Crippen molar-refractivity contribution in [3.05, 3.63) is 51.3 Å². The van der Waals surface area contributed by atoms with Gasteiger partial charge in [-0.2, -0.15) is 5.10 Å². The van der Waals surface area contributed by atoms with Gasteiger partial charge in [-0.05, 0) is 56.1 Å². The quantitative estimate of drug-likeness (QED) is 0.851. The fraction of sp³-hybridized carbons (Fsp3) is 0.471. The summed E-state index contributed by atoms with van der Waals surface area (Å²) in [7, 11) is 2.02. The molecule has 114 valence electrons. The second kappa shape index (κ2) is 7.23. The lowest BCUT2D eigenvalue weighted by molar-refractivity contribution is 0.510. The summed E-state index contributed by atoms with van der Waals surface area (Å²) < 4.78 is 3.12. The van der Waals surface area contributed by atoms with Gasteiger partial charge in [-0.15, -0.1) is 0 Å². The van der Waals surface area contributed by atoms with Crippen LogP contribution in [0.1, 0.15) is 41.9 Å². The minimum absolute atomic E-state index is 0.327. The third-order valence-electron chi connectivity index (χ3n) is 3.76. The van der Waals surface area contributed by atoms with Gasteiger partial charge in [0.15, 0.2) is 0 Å². The first kappa shape index (κ1) is 16.2. The number of aromatic nitrogens is 2. The Hall–Kier alpha value is -1.13. The molecule has 0 aliphatic carbocycles. The maximum absolute atomic E-state index is 4.46. The molecule has 2 rings (SSSR count). The van der Waals surface area contributed by atoms with Crippen molar-refractivity contribution in [3.63, 3.8) is 0 Å². The molecule has 0 bridgehead atoms. The van der Waals surface area contributed by atoms with Gasteiger partial charge in [-0.1, -0.05) is 28.9 Å². The molecule has 1 heterocycles. The molecule has 21 heavy (non-hydrogen) atoms. The first-order valence-electron chi connectivity index (χ1n) is 7.50. The van der Waals surface area contributed by atoms with Gasteiger partial charge in [0.05, 0.1) is 5.69 Å². The lowest BCUT2D eigenvalue weighted by atomic mass is 9.97. The van der Waals surface area contributed by atoms with Crippen LogP contribution in [0.2, 0.25) is 0 Å². The van der Waals surface area contributed by atoms with E-state index in [1.807, 2.05) is 18.7 Å². The Labute approximate surface area is 135 Å². The molecule has 2 aromatic rings. The Bertz CT molecular complexity index is 604. The molecule has 0 radical (unpaired) electrons. The van der Waals surface area contributed by atoms with E-state index in [9.17, 15) is 0 Å². The second-order valence-electron chi connectivity index (χ2n) is 5.61. The topological polar surface area (TPSA) is 29.9 Å². The smallest absolute Gasteiger partial charge is 0.0596 e. The average Bonchev–Trinajstić information content (AvgIpc) is 2.73. The predicted molar refractivity (Wildman–Crippen MR) is 91.6 cm³/mol. The van der Waals surface area contributed by atoms with Crippen LogP contribution in [-0.2, 0) is 13.5 Å². The van der Waals surface area contributed by atoms with E-state index in [0.29, 0.717) is 6.04 Å². The number of hydrogen-bond acceptors (Lipinski definition) is 2. The fourth-order valence-corrected chi connectivity index (χ4v) is 3.18. The fourth-order valence-electron chi connectivity index (χ4n) is 2.71. The highest BCUT2D eigenvalue weighted by molar-refractivity contribution is 9.10. The molecule has 1 aromatic heterocycles. The van der Waals surface area contributed by atoms with Gasteiger partial charge in [-0.25, -0.2) is 0 Å². The lowest BCUT2D eigenvalue weighted by Gasteiger charge is -2.21. The molecule has 4 heteroatoms. The van der Waals surface area contributed by atoms with E-state index in [2.05, 4.69) is 64.5 Å². The molecule has 0 fully saturated rings. The van der Waals surface area contributed by atoms with E-state index in [0.717, 1.165) is 29.6 Å². The summed E-state index contributed by atoms with van der Waals surface area (Å²) in [4.78, 5) is 0. The number of nitrogens with zero attached hydrogens (tertiary/aromatic N) is 2. The highest BCUT2D eigenvalue weighted by atomic mass is 79.9. The van der Waals surface area contributed by atoms with Crippen molar-refractivity contribution < 1.29 is 0 Å². The van der Waals surface area contributed by atoms with Gasteiger partial charge in [0.2, 0.25) is 0 Å². The maximum atomic E-state index is 4.46. The van der Waals surface area contributed by atoms with Crippen LogP contribution in [0.5, 0.6) is 0 Å². The van der Waals surface area contributed by atoms with Crippen LogP contribution < -0.4 is 5.32 Å². The van der Waals surface area contributed by atoms with Crippen molar-refractivity contribution >= 4 is 15.9 Å². The minimum Gasteiger partial charge on any atom is -0.310 e. The van der Waals surface area contributed by atoms with E-state index < -0.39 is 0 Å². The van der Waals surface area contributed by atoms with E-state index in [-0.39, 0.29) is 0 Å². The first-order valence-corrected chi connectivity index (χ1v) is 8.29. The second-order valence-corrected chi connectivity index (χ2v) is 6.53. The van der Waals surface area contributed by atoms with E-state index in [1.54, 1.807) is 0 Å². The highest BCUT2D eigenvalue weighted by Crippen LogP contribution is 2.25. The summed E-state index contributed by atoms with van der Waals surface area (Å²) in [5.41, 5.74) is 5.03. The van der Waals surface area contributed by atoms with Crippen LogP contribution in [0.25, 0.3) is 0 Å². The van der Waals surface area contributed by atoms with Crippen molar-refractivity contribution in [1.82, 2.24) is 15.1 Å². The van der Waals surface area contributed by atoms with Crippen molar-refractivity contribution in [1.29, 1.82) is 0 Å². The monoisotopic (exact) mass is 349 g/mol. The Morgan fingerprint density at radius 3 is 2.62 bits per heavy atom. The summed E-state index contributed by atoms with van der Waals surface area (Å²) >= 11 is 3.55. The van der Waals surface area contributed by atoms with Crippen LogP contribution in [0.4, 0.5) is 0 Å². The van der Waals surface area contributed by atoms with Crippen molar-refractivity contribution in [2.24, 2.45) is 7.05 Å². The molecule has 1 unspecified atom stereocenters. The summed E-state index contributed by atoms with van der Waals surface area (Å²) in [6.45, 7) is 7.45. The van der Waals surface area contributed by atoms with Gasteiger partial charge in [0, 0.05) is 29.7 Å². The number of halogens is 1. The molecule has 1 aromatic carbocycles. The predicted octanol–water partition coefficient (Wildman–Crippen LogP) is 4.08. The number of aryl methyl sites for hydroxylation is 3. The third kappa shape index (κ3) is 4.17. The summed E-state index contributed by atoms with van der Waals surface area (Å²) in [6, 6.07) is 9.03. The van der Waals surface area contributed by atoms with Gasteiger partial charge >= 0.3 is 0 Å². The molecule has 1 atom stereocenters. The van der Waals surface area contributed by atoms with Crippen molar-refractivity contribution in [2.75, 3.05) is 6.54 Å². The molecular formula is C17H24BrN3. The highest BCUT2D eigenvalue weighted by Gasteiger charge is 2.16. The van der Waals surface area contributed by atoms with Crippen LogP contribution in [-0.4, -0.2) is 16.3 Å². The molecule has 3 nitrogen and oxygen atoms in total. The first-order chi connectivity index (χ1) is 10.0. The van der Waals surface area contributed by atoms with Crippen molar-refractivity contribution in [2.45, 2.75) is 39.7 Å². The standard InChI is InChI=1S/C17H24BrN3/c1-5-8-19-17(11-15-10-13(3)20-21(15)4)16-7-6-14(18)9-12(16)2/h6-7,9-10,17,19H,5,8,11H2,1-4H3. The zero-order chi connectivity index (χ0) is 15.4. The number of benzene rings is 1. The zero-order valence-electron chi connectivity index (χ0n) is 13.3. The van der Waals surface area contributed by atoms with Gasteiger partial charge in [0.25, 0.3) is 0 Å². The lowest BCUT2D eigenvalue weighted by Crippen LogP contribution is -2.25. The van der Waals surface area contributed by atoms with Crippen LogP contribution in [0, 0.1) is 13.8 Å². The SMILES string of the molecule is CCCNC(Cc1cc(C)nn1C)c1ccc(Br)cc1C. The van der Waals surface area contributed by atoms with E-state index in [4.69, 9.17) is 0 Å². The van der Waals surface area contributed by atoms with E-state index >= 15 is 0 Å². The number of hydrogen-bond donors (Lipinski definition) is 1. The van der Waals surface area contributed by atoms with E-state index in [1.165, 1.54) is 16.8 Å². The van der Waals surface area contributed by atoms with Crippen molar-refractivity contribution in [3.8, 4) is 0 Å². The van der Waals surface area contributed by atoms with Gasteiger partial charge in [0.1, 0.15) is 0 Å². The summed E-state index contributed by atoms with van der Waals surface area (Å²) in [5, 5.41) is 8.13. The zero-order valence-corrected chi connectivity index (χ0v) is 14.9. The Morgan fingerprint density at radius 2 is 2.05 bits per heavy atom. The van der Waals surface area contributed by atoms with Gasteiger partial charge in [-0.3, -0.25) is 4.68 Å². The Kier molecular flexibility index (Phi) is 5.59. The molecule has 0 aliphatic heterocycles. The average molecular weight is 350 g/mol. The number of rotatable bonds is 6. The Morgan fingerprint density at radius 1 is 1.29 bits per heavy atom. The maximum Gasteiger partial charge on any atom is 0.0596 e. The molecule has 0 saturated heterocycles. The van der Waals surface area contributed by atoms with Crippen LogP contribution >= 0.6 is 15.9 Å². The summed E-state index contributed by atoms with van der Waals surface area (Å²) in [6.07, 6.45) is 2.09. The van der Waals surface area contributed by atoms with Gasteiger partial charge < -0.3 is 5.32 Å². The normalized spacial score (nSPS) is 12.6. The molecule has 1 N–H and O–H groups in total. The largest absolute Gasteiger partial charge is 0.310 e. The Balaban J connectivity index is 2.27. The van der Waals surface area contributed by atoms with Crippen LogP contribution in [0.3, 0.4) is 0 Å². The molecule has 0 aliphatic rings. The minimum atomic E-state index is 0.327. The molecule has 0 amide bonds. The summed E-state index contributed by atoms with van der Waals surface area (Å²) in [5.74, 6) is 0. The molecule has 0 spiro atoms. The van der Waals surface area contributed by atoms with Crippen LogP contribution in [0.15, 0.2) is 28.7 Å².